The number of likely N-dealkylation sites (tertiary alicyclic amines) is 1. The average molecular weight is 384 g/mol. The zero-order valence-corrected chi connectivity index (χ0v) is 15.1. The molecule has 9 nitrogen and oxygen atoms in total. The molecule has 1 aliphatic heterocycles. The summed E-state index contributed by atoms with van der Waals surface area (Å²) >= 11 is 0. The number of piperidine rings is 1. The molecule has 1 aromatic heterocycles. The lowest BCUT2D eigenvalue weighted by molar-refractivity contribution is -0.126. The number of amides is 2. The normalized spacial score (nSPS) is 16.4. The van der Waals surface area contributed by atoms with Crippen molar-refractivity contribution in [1.29, 1.82) is 0 Å². The summed E-state index contributed by atoms with van der Waals surface area (Å²) in [6, 6.07) is 8.17. The van der Waals surface area contributed by atoms with E-state index in [-0.39, 0.29) is 23.7 Å². The van der Waals surface area contributed by atoms with Crippen LogP contribution < -0.4 is 10.9 Å². The van der Waals surface area contributed by atoms with Crippen molar-refractivity contribution in [3.8, 4) is 0 Å². The van der Waals surface area contributed by atoms with E-state index in [1.165, 1.54) is 29.2 Å². The Morgan fingerprint density at radius 2 is 1.89 bits per heavy atom. The van der Waals surface area contributed by atoms with E-state index in [0.29, 0.717) is 13.0 Å². The van der Waals surface area contributed by atoms with Gasteiger partial charge in [0.1, 0.15) is 11.7 Å². The summed E-state index contributed by atoms with van der Waals surface area (Å²) < 4.78 is 0. The van der Waals surface area contributed by atoms with Gasteiger partial charge in [0.25, 0.3) is 11.5 Å². The number of benzene rings is 1. The summed E-state index contributed by atoms with van der Waals surface area (Å²) in [5, 5.41) is 17.7. The lowest BCUT2D eigenvalue weighted by Crippen LogP contribution is -2.52. The molecule has 1 unspecified atom stereocenters. The van der Waals surface area contributed by atoms with Crippen molar-refractivity contribution in [2.75, 3.05) is 6.54 Å². The van der Waals surface area contributed by atoms with Crippen LogP contribution in [0, 0.1) is 0 Å². The van der Waals surface area contributed by atoms with Gasteiger partial charge in [0.15, 0.2) is 0 Å². The van der Waals surface area contributed by atoms with Crippen molar-refractivity contribution >= 4 is 17.8 Å². The molecule has 0 aliphatic carbocycles. The van der Waals surface area contributed by atoms with E-state index in [0.717, 1.165) is 18.4 Å². The summed E-state index contributed by atoms with van der Waals surface area (Å²) in [6.07, 6.45) is 2.16. The van der Waals surface area contributed by atoms with Crippen LogP contribution in [0.3, 0.4) is 0 Å². The van der Waals surface area contributed by atoms with Gasteiger partial charge in [0.2, 0.25) is 5.91 Å². The summed E-state index contributed by atoms with van der Waals surface area (Å²) in [6.45, 7) is 0.666. The number of carbonyl (C=O) groups excluding carboxylic acids is 2. The molecule has 0 spiro atoms. The monoisotopic (exact) mass is 384 g/mol. The maximum absolute atomic E-state index is 12.7. The molecule has 3 N–H and O–H groups in total. The van der Waals surface area contributed by atoms with Crippen molar-refractivity contribution in [2.45, 2.75) is 31.8 Å². The van der Waals surface area contributed by atoms with Crippen molar-refractivity contribution in [3.63, 3.8) is 0 Å². The fourth-order valence-electron chi connectivity index (χ4n) is 3.13. The van der Waals surface area contributed by atoms with Crippen LogP contribution in [-0.4, -0.2) is 50.6 Å². The van der Waals surface area contributed by atoms with Crippen LogP contribution in [-0.2, 0) is 11.3 Å². The second-order valence-corrected chi connectivity index (χ2v) is 6.54. The molecule has 0 saturated carbocycles. The van der Waals surface area contributed by atoms with Crippen molar-refractivity contribution < 1.29 is 19.5 Å². The number of nitrogens with one attached hydrogen (secondary N) is 2. The Labute approximate surface area is 160 Å². The van der Waals surface area contributed by atoms with Gasteiger partial charge in [-0.05, 0) is 43.0 Å². The van der Waals surface area contributed by atoms with E-state index in [1.54, 1.807) is 12.1 Å². The second kappa shape index (κ2) is 8.47. The topological polar surface area (TPSA) is 132 Å². The molecular formula is C19H20N4O5. The van der Waals surface area contributed by atoms with E-state index >= 15 is 0 Å². The third kappa shape index (κ3) is 4.43. The number of rotatable bonds is 5. The maximum atomic E-state index is 12.7. The molecule has 1 saturated heterocycles. The maximum Gasteiger partial charge on any atom is 0.335 e. The third-order valence-corrected chi connectivity index (χ3v) is 4.63. The molecule has 1 aromatic carbocycles. The number of hydrogen-bond donors (Lipinski definition) is 3. The van der Waals surface area contributed by atoms with Crippen molar-refractivity contribution in [3.05, 3.63) is 63.6 Å². The largest absolute Gasteiger partial charge is 0.478 e. The van der Waals surface area contributed by atoms with Gasteiger partial charge in [-0.2, -0.15) is 5.10 Å². The lowest BCUT2D eigenvalue weighted by atomic mass is 10.0. The second-order valence-electron chi connectivity index (χ2n) is 6.54. The number of H-pyrrole nitrogens is 1. The molecule has 1 aliphatic rings. The molecule has 1 atom stereocenters. The highest BCUT2D eigenvalue weighted by Crippen LogP contribution is 2.19. The Morgan fingerprint density at radius 1 is 1.14 bits per heavy atom. The van der Waals surface area contributed by atoms with Crippen LogP contribution >= 0.6 is 0 Å². The van der Waals surface area contributed by atoms with Crippen molar-refractivity contribution in [2.24, 2.45) is 0 Å². The predicted octanol–water partition coefficient (Wildman–Crippen LogP) is 0.779. The number of carboxylic acid groups (broad SMARTS) is 1. The van der Waals surface area contributed by atoms with Gasteiger partial charge in [-0.15, -0.1) is 0 Å². The zero-order chi connectivity index (χ0) is 20.1. The highest BCUT2D eigenvalue weighted by Gasteiger charge is 2.33. The van der Waals surface area contributed by atoms with E-state index < -0.39 is 23.5 Å². The van der Waals surface area contributed by atoms with Gasteiger partial charge < -0.3 is 15.3 Å². The summed E-state index contributed by atoms with van der Waals surface area (Å²) in [4.78, 5) is 48.9. The van der Waals surface area contributed by atoms with Gasteiger partial charge in [-0.25, -0.2) is 9.89 Å². The Bertz CT molecular complexity index is 918. The van der Waals surface area contributed by atoms with E-state index in [4.69, 9.17) is 5.11 Å². The number of aromatic amines is 1. The minimum atomic E-state index is -1.01. The van der Waals surface area contributed by atoms with Gasteiger partial charge in [0.05, 0.1) is 5.56 Å². The number of nitrogens with zero attached hydrogens (tertiary/aromatic N) is 2. The third-order valence-electron chi connectivity index (χ3n) is 4.63. The van der Waals surface area contributed by atoms with Crippen LogP contribution in [0.5, 0.6) is 0 Å². The molecule has 0 radical (unpaired) electrons. The first-order valence-electron chi connectivity index (χ1n) is 8.92. The minimum Gasteiger partial charge on any atom is -0.478 e. The molecule has 2 aromatic rings. The Morgan fingerprint density at radius 3 is 2.54 bits per heavy atom. The Hall–Kier alpha value is -3.49. The summed E-state index contributed by atoms with van der Waals surface area (Å²) in [5.41, 5.74) is 0.615. The number of aromatic nitrogens is 2. The van der Waals surface area contributed by atoms with E-state index in [1.807, 2.05) is 0 Å². The molecule has 2 amide bonds. The number of aromatic carboxylic acids is 1. The number of carbonyl (C=O) groups is 3. The van der Waals surface area contributed by atoms with E-state index in [2.05, 4.69) is 15.5 Å². The van der Waals surface area contributed by atoms with Crippen LogP contribution in [0.2, 0.25) is 0 Å². The first-order valence-corrected chi connectivity index (χ1v) is 8.92. The van der Waals surface area contributed by atoms with Crippen LogP contribution in [0.1, 0.15) is 45.7 Å². The molecule has 0 bridgehead atoms. The predicted molar refractivity (Wildman–Crippen MR) is 98.8 cm³/mol. The highest BCUT2D eigenvalue weighted by molar-refractivity contribution is 5.96. The SMILES string of the molecule is O=C(O)c1ccc(CNC(=O)C2CCCCN2C(=O)c2ccc(=O)[nH]n2)cc1. The lowest BCUT2D eigenvalue weighted by Gasteiger charge is -2.34. The quantitative estimate of drug-likeness (QED) is 0.698. The molecule has 146 valence electrons. The fourth-order valence-corrected chi connectivity index (χ4v) is 3.13. The summed E-state index contributed by atoms with van der Waals surface area (Å²) in [7, 11) is 0. The first kappa shape index (κ1) is 19.3. The van der Waals surface area contributed by atoms with Gasteiger partial charge >= 0.3 is 5.97 Å². The standard InChI is InChI=1S/C19H20N4O5/c24-16-9-8-14(21-22-16)18(26)23-10-2-1-3-15(23)17(25)20-11-12-4-6-13(7-5-12)19(27)28/h4-9,15H,1-3,10-11H2,(H,20,25)(H,22,24)(H,27,28). The molecule has 9 heteroatoms. The van der Waals surface area contributed by atoms with Crippen molar-refractivity contribution in [1.82, 2.24) is 20.4 Å². The molecule has 2 heterocycles. The van der Waals surface area contributed by atoms with Crippen LogP contribution in [0.25, 0.3) is 0 Å². The summed E-state index contributed by atoms with van der Waals surface area (Å²) in [5.74, 6) is -1.69. The van der Waals surface area contributed by atoms with Gasteiger partial charge in [-0.1, -0.05) is 12.1 Å². The smallest absolute Gasteiger partial charge is 0.335 e. The average Bonchev–Trinajstić information content (AvgIpc) is 2.72. The minimum absolute atomic E-state index is 0.0866. The Balaban J connectivity index is 1.66. The number of carboxylic acids is 1. The molecular weight excluding hydrogens is 364 g/mol. The van der Waals surface area contributed by atoms with Crippen LogP contribution in [0.4, 0.5) is 0 Å². The fraction of sp³-hybridized carbons (Fsp3) is 0.316. The van der Waals surface area contributed by atoms with Gasteiger partial charge in [-0.3, -0.25) is 14.4 Å². The zero-order valence-electron chi connectivity index (χ0n) is 15.1. The first-order chi connectivity index (χ1) is 13.5. The number of hydrogen-bond acceptors (Lipinski definition) is 5. The molecule has 3 rings (SSSR count). The van der Waals surface area contributed by atoms with Crippen LogP contribution in [0.15, 0.2) is 41.2 Å². The molecule has 28 heavy (non-hydrogen) atoms. The van der Waals surface area contributed by atoms with E-state index in [9.17, 15) is 19.2 Å². The molecule has 1 fully saturated rings. The Kier molecular flexibility index (Phi) is 5.83. The highest BCUT2D eigenvalue weighted by atomic mass is 16.4. The van der Waals surface area contributed by atoms with Gasteiger partial charge in [0, 0.05) is 19.2 Å².